The molecule has 2 fully saturated rings. The lowest BCUT2D eigenvalue weighted by Crippen LogP contribution is -2.47. The molecule has 9 nitrogen and oxygen atoms in total. The van der Waals surface area contributed by atoms with Crippen LogP contribution in [0.5, 0.6) is 5.75 Å². The lowest BCUT2D eigenvalue weighted by atomic mass is 10.1. The molecule has 12 heteroatoms. The summed E-state index contributed by atoms with van der Waals surface area (Å²) >= 11 is 0. The van der Waals surface area contributed by atoms with E-state index in [1.807, 2.05) is 13.0 Å². The van der Waals surface area contributed by atoms with Gasteiger partial charge in [0.05, 0.1) is 26.6 Å². The number of nitrogens with one attached hydrogen (secondary N) is 1. The van der Waals surface area contributed by atoms with Crippen LogP contribution in [-0.4, -0.2) is 71.4 Å². The predicted octanol–water partition coefficient (Wildman–Crippen LogP) is 4.07. The zero-order valence-corrected chi connectivity index (χ0v) is 22.9. The fourth-order valence-electron chi connectivity index (χ4n) is 4.74. The number of rotatable bonds is 6. The van der Waals surface area contributed by atoms with Gasteiger partial charge in [-0.1, -0.05) is 0 Å². The number of fused-ring (bicyclic) bond motifs is 1. The predicted molar refractivity (Wildman–Crippen MR) is 148 cm³/mol. The van der Waals surface area contributed by atoms with Crippen molar-refractivity contribution in [2.75, 3.05) is 41.4 Å². The van der Waals surface area contributed by atoms with Crippen LogP contribution >= 0.6 is 0 Å². The van der Waals surface area contributed by atoms with Gasteiger partial charge < -0.3 is 15.0 Å². The van der Waals surface area contributed by atoms with Crippen LogP contribution in [-0.2, 0) is 25.3 Å². The van der Waals surface area contributed by atoms with Gasteiger partial charge in [-0.2, -0.15) is 4.36 Å². The molecule has 38 heavy (non-hydrogen) atoms. The van der Waals surface area contributed by atoms with Gasteiger partial charge in [-0.15, -0.1) is 0 Å². The van der Waals surface area contributed by atoms with Crippen molar-refractivity contribution in [3.63, 3.8) is 0 Å². The Morgan fingerprint density at radius 1 is 1.18 bits per heavy atom. The molecule has 1 atom stereocenters. The highest BCUT2D eigenvalue weighted by Crippen LogP contribution is 2.34. The molecule has 5 rings (SSSR count). The molecular weight excluding hydrogens is 529 g/mol. The molecule has 2 aliphatic heterocycles. The van der Waals surface area contributed by atoms with Crippen molar-refractivity contribution in [2.24, 2.45) is 4.36 Å². The number of carbonyl (C=O) groups excluding carboxylic acids is 1. The third-order valence-electron chi connectivity index (χ3n) is 6.71. The fourth-order valence-corrected chi connectivity index (χ4v) is 7.98. The smallest absolute Gasteiger partial charge is 0.263 e. The van der Waals surface area contributed by atoms with E-state index in [1.165, 1.54) is 24.5 Å². The third-order valence-corrected chi connectivity index (χ3v) is 10.4. The largest absolute Gasteiger partial charge is 0.479 e. The van der Waals surface area contributed by atoms with Crippen LogP contribution < -0.4 is 10.1 Å². The first-order valence-corrected chi connectivity index (χ1v) is 15.9. The van der Waals surface area contributed by atoms with Gasteiger partial charge in [0.1, 0.15) is 23.7 Å². The van der Waals surface area contributed by atoms with Crippen LogP contribution in [0.2, 0.25) is 0 Å². The Hall–Kier alpha value is -3.12. The number of anilines is 2. The van der Waals surface area contributed by atoms with E-state index in [-0.39, 0.29) is 11.7 Å². The number of aromatic nitrogens is 2. The van der Waals surface area contributed by atoms with Crippen LogP contribution in [0.25, 0.3) is 10.9 Å². The van der Waals surface area contributed by atoms with Crippen molar-refractivity contribution in [3.05, 3.63) is 48.0 Å². The first kappa shape index (κ1) is 26.5. The monoisotopic (exact) mass is 559 g/mol. The van der Waals surface area contributed by atoms with Gasteiger partial charge in [0.15, 0.2) is 6.10 Å². The molecular formula is C26H30FN5O4S2. The first-order chi connectivity index (χ1) is 18.2. The number of carbonyl (C=O) groups is 1. The lowest BCUT2D eigenvalue weighted by molar-refractivity contribution is -0.137. The Kier molecular flexibility index (Phi) is 7.62. The molecule has 2 aliphatic rings. The average Bonchev–Trinajstić information content (AvgIpc) is 3.31. The zero-order valence-electron chi connectivity index (χ0n) is 21.3. The summed E-state index contributed by atoms with van der Waals surface area (Å²) in [6.07, 6.45) is 2.40. The number of hydrogen-bond acceptors (Lipinski definition) is 8. The van der Waals surface area contributed by atoms with E-state index in [9.17, 15) is 17.6 Å². The Morgan fingerprint density at radius 3 is 2.66 bits per heavy atom. The summed E-state index contributed by atoms with van der Waals surface area (Å²) in [7, 11) is -3.13. The maximum Gasteiger partial charge on any atom is 0.263 e. The molecule has 1 N–H and O–H groups in total. The first-order valence-electron chi connectivity index (χ1n) is 12.6. The van der Waals surface area contributed by atoms with Crippen molar-refractivity contribution in [1.82, 2.24) is 14.9 Å². The van der Waals surface area contributed by atoms with Crippen LogP contribution in [0.3, 0.4) is 0 Å². The fraction of sp³-hybridized carbons (Fsp3) is 0.423. The van der Waals surface area contributed by atoms with Crippen molar-refractivity contribution in [1.29, 1.82) is 0 Å². The van der Waals surface area contributed by atoms with Gasteiger partial charge in [0, 0.05) is 58.4 Å². The maximum absolute atomic E-state index is 14.2. The van der Waals surface area contributed by atoms with Crippen LogP contribution in [0, 0.1) is 12.7 Å². The summed E-state index contributed by atoms with van der Waals surface area (Å²) in [5.41, 5.74) is 2.55. The number of hydrogen-bond donors (Lipinski definition) is 1. The van der Waals surface area contributed by atoms with E-state index in [0.29, 0.717) is 58.8 Å². The number of ether oxygens (including phenoxy) is 1. The second-order valence-corrected chi connectivity index (χ2v) is 13.8. The molecule has 0 aliphatic carbocycles. The summed E-state index contributed by atoms with van der Waals surface area (Å²) in [6.45, 7) is 4.34. The molecule has 202 valence electrons. The zero-order chi connectivity index (χ0) is 26.9. The molecule has 1 amide bonds. The van der Waals surface area contributed by atoms with E-state index in [2.05, 4.69) is 19.6 Å². The minimum Gasteiger partial charge on any atom is -0.479 e. The quantitative estimate of drug-likeness (QED) is 0.484. The molecule has 3 heterocycles. The second kappa shape index (κ2) is 10.9. The van der Waals surface area contributed by atoms with E-state index in [4.69, 9.17) is 4.74 Å². The van der Waals surface area contributed by atoms with E-state index in [1.54, 1.807) is 17.9 Å². The van der Waals surface area contributed by atoms with Crippen molar-refractivity contribution in [3.8, 4) is 5.75 Å². The molecule has 0 radical (unpaired) electrons. The molecule has 2 aromatic carbocycles. The van der Waals surface area contributed by atoms with Gasteiger partial charge in [-0.25, -0.2) is 18.6 Å². The number of halogens is 1. The number of nitrogens with zero attached hydrogens (tertiary/aromatic N) is 4. The summed E-state index contributed by atoms with van der Waals surface area (Å²) in [6, 6.07) is 7.73. The standard InChI is InChI=1S/C26H30FN5O4S2/c1-17-13-20(31-38(35)11-3-4-12-38)15-22-24(17)25(29-16-28-22)30-21-6-5-19(27)14-23(21)36-18(2)26(33)32-7-9-37(34)10-8-32/h5-6,13-16,18H,3-4,7-12H2,1-2H3,(H,28,29,30)/t18-/m1/s1. The third kappa shape index (κ3) is 5.80. The second-order valence-electron chi connectivity index (χ2n) is 9.56. The Bertz CT molecular complexity index is 1520. The van der Waals surface area contributed by atoms with Crippen molar-refractivity contribution in [2.45, 2.75) is 32.8 Å². The van der Waals surface area contributed by atoms with Crippen LogP contribution in [0.15, 0.2) is 41.0 Å². The van der Waals surface area contributed by atoms with E-state index in [0.717, 1.165) is 23.8 Å². The van der Waals surface area contributed by atoms with Gasteiger partial charge in [-0.05, 0) is 56.5 Å². The minimum absolute atomic E-state index is 0.167. The topological polar surface area (TPSA) is 114 Å². The molecule has 0 spiro atoms. The Labute approximate surface area is 223 Å². The van der Waals surface area contributed by atoms with Gasteiger partial charge in [0.25, 0.3) is 5.91 Å². The van der Waals surface area contributed by atoms with Crippen LogP contribution in [0.4, 0.5) is 21.6 Å². The number of aryl methyl sites for hydroxylation is 1. The van der Waals surface area contributed by atoms with E-state index < -0.39 is 32.4 Å². The van der Waals surface area contributed by atoms with Gasteiger partial charge in [0.2, 0.25) is 0 Å². The summed E-state index contributed by atoms with van der Waals surface area (Å²) in [4.78, 5) is 23.3. The minimum atomic E-state index is -2.22. The SMILES string of the molecule is Cc1cc(N=S2(=O)CCCC2)cc2ncnc(Nc3ccc(F)cc3O[C@H](C)C(=O)N3CCS(=O)CC3)c12. The van der Waals surface area contributed by atoms with Gasteiger partial charge in [-0.3, -0.25) is 9.00 Å². The Morgan fingerprint density at radius 2 is 1.92 bits per heavy atom. The summed E-state index contributed by atoms with van der Waals surface area (Å²) in [5, 5.41) is 3.96. The molecule has 0 saturated carbocycles. The van der Waals surface area contributed by atoms with Crippen molar-refractivity contribution >= 4 is 54.5 Å². The van der Waals surface area contributed by atoms with E-state index >= 15 is 0 Å². The van der Waals surface area contributed by atoms with Gasteiger partial charge >= 0.3 is 0 Å². The Balaban J connectivity index is 1.42. The molecule has 2 saturated heterocycles. The van der Waals surface area contributed by atoms with Crippen LogP contribution in [0.1, 0.15) is 25.3 Å². The maximum atomic E-state index is 14.2. The van der Waals surface area contributed by atoms with Crippen molar-refractivity contribution < 1.29 is 22.3 Å². The highest BCUT2D eigenvalue weighted by Gasteiger charge is 2.26. The highest BCUT2D eigenvalue weighted by molar-refractivity contribution is 7.93. The lowest BCUT2D eigenvalue weighted by Gasteiger charge is -2.29. The normalized spacial score (nSPS) is 18.3. The molecule has 0 bridgehead atoms. The number of benzene rings is 2. The molecule has 0 unspecified atom stereocenters. The summed E-state index contributed by atoms with van der Waals surface area (Å²) in [5.74, 6) is 2.03. The molecule has 1 aromatic heterocycles. The molecule has 3 aromatic rings. The summed E-state index contributed by atoms with van der Waals surface area (Å²) < 4.78 is 49.3. The average molecular weight is 560 g/mol. The number of amides is 1. The highest BCUT2D eigenvalue weighted by atomic mass is 32.2.